The summed E-state index contributed by atoms with van der Waals surface area (Å²) in [5.74, 6) is -0.384. The average molecular weight is 238 g/mol. The van der Waals surface area contributed by atoms with Crippen molar-refractivity contribution in [2.24, 2.45) is 5.73 Å². The van der Waals surface area contributed by atoms with Crippen molar-refractivity contribution >= 4 is 29.0 Å². The number of rotatable bonds is 3. The van der Waals surface area contributed by atoms with Gasteiger partial charge in [0.05, 0.1) is 17.9 Å². The Kier molecular flexibility index (Phi) is 4.25. The van der Waals surface area contributed by atoms with Crippen LogP contribution < -0.4 is 11.1 Å². The summed E-state index contributed by atoms with van der Waals surface area (Å²) in [5, 5.41) is 2.87. The second-order valence-electron chi connectivity index (χ2n) is 3.26. The molecule has 0 radical (unpaired) electrons. The molecule has 0 heterocycles. The molecule has 0 spiro atoms. The monoisotopic (exact) mass is 238 g/mol. The Morgan fingerprint density at radius 3 is 2.81 bits per heavy atom. The third-order valence-corrected chi connectivity index (χ3v) is 2.03. The van der Waals surface area contributed by atoms with E-state index in [-0.39, 0.29) is 11.1 Å². The number of aryl methyl sites for hydroxylation is 1. The van der Waals surface area contributed by atoms with E-state index < -0.39 is 0 Å². The minimum atomic E-state index is -0.384. The molecule has 0 aliphatic carbocycles. The number of hydrogen-bond donors (Lipinski definition) is 2. The second-order valence-corrected chi connectivity index (χ2v) is 3.70. The van der Waals surface area contributed by atoms with Gasteiger partial charge in [0, 0.05) is 0 Å². The maximum absolute atomic E-state index is 11.7. The largest absolute Gasteiger partial charge is 0.462 e. The Morgan fingerprint density at radius 2 is 2.25 bits per heavy atom. The van der Waals surface area contributed by atoms with E-state index in [9.17, 15) is 4.79 Å². The Morgan fingerprint density at radius 1 is 1.56 bits per heavy atom. The van der Waals surface area contributed by atoms with Crippen LogP contribution in [0.15, 0.2) is 18.2 Å². The molecule has 0 bridgehead atoms. The molecule has 5 heteroatoms. The number of carbonyl (C=O) groups excluding carboxylic acids is 1. The third-order valence-electron chi connectivity index (χ3n) is 1.93. The predicted molar refractivity (Wildman–Crippen MR) is 67.5 cm³/mol. The van der Waals surface area contributed by atoms with Crippen molar-refractivity contribution in [3.63, 3.8) is 0 Å². The van der Waals surface area contributed by atoms with Crippen LogP contribution in [0.1, 0.15) is 22.8 Å². The van der Waals surface area contributed by atoms with E-state index >= 15 is 0 Å². The van der Waals surface area contributed by atoms with E-state index in [2.05, 4.69) is 5.32 Å². The normalized spacial score (nSPS) is 9.62. The summed E-state index contributed by atoms with van der Waals surface area (Å²) in [6.07, 6.45) is 0. The summed E-state index contributed by atoms with van der Waals surface area (Å²) in [6.45, 7) is 3.99. The molecule has 86 valence electrons. The summed E-state index contributed by atoms with van der Waals surface area (Å²) >= 11 is 4.74. The van der Waals surface area contributed by atoms with Gasteiger partial charge >= 0.3 is 5.97 Å². The van der Waals surface area contributed by atoms with Crippen molar-refractivity contribution in [1.29, 1.82) is 0 Å². The molecule has 16 heavy (non-hydrogen) atoms. The number of ether oxygens (including phenoxy) is 1. The van der Waals surface area contributed by atoms with Gasteiger partial charge in [-0.1, -0.05) is 11.6 Å². The van der Waals surface area contributed by atoms with Crippen LogP contribution in [0.5, 0.6) is 0 Å². The van der Waals surface area contributed by atoms with Crippen molar-refractivity contribution in [2.45, 2.75) is 13.8 Å². The minimum Gasteiger partial charge on any atom is -0.462 e. The first-order chi connectivity index (χ1) is 7.54. The van der Waals surface area contributed by atoms with Gasteiger partial charge in [-0.15, -0.1) is 0 Å². The Balaban J connectivity index is 3.07. The molecule has 0 saturated heterocycles. The highest BCUT2D eigenvalue weighted by Gasteiger charge is 2.12. The van der Waals surface area contributed by atoms with Gasteiger partial charge in [-0.05, 0) is 38.2 Å². The maximum Gasteiger partial charge on any atom is 0.340 e. The molecule has 0 saturated carbocycles. The minimum absolute atomic E-state index is 0.120. The summed E-state index contributed by atoms with van der Waals surface area (Å²) < 4.78 is 4.94. The fourth-order valence-corrected chi connectivity index (χ4v) is 1.39. The molecular formula is C11H14N2O2S. The molecule has 0 aliphatic rings. The number of hydrogen-bond acceptors (Lipinski definition) is 3. The molecule has 0 fully saturated rings. The summed E-state index contributed by atoms with van der Waals surface area (Å²) in [5.41, 5.74) is 7.35. The van der Waals surface area contributed by atoms with E-state index in [4.69, 9.17) is 22.7 Å². The fourth-order valence-electron chi connectivity index (χ4n) is 1.28. The maximum atomic E-state index is 11.7. The van der Waals surface area contributed by atoms with E-state index in [0.29, 0.717) is 17.9 Å². The van der Waals surface area contributed by atoms with Crippen LogP contribution >= 0.6 is 12.2 Å². The molecule has 0 amide bonds. The number of anilines is 1. The van der Waals surface area contributed by atoms with Gasteiger partial charge in [0.2, 0.25) is 0 Å². The summed E-state index contributed by atoms with van der Waals surface area (Å²) in [4.78, 5) is 11.7. The Bertz CT molecular complexity index is 418. The summed E-state index contributed by atoms with van der Waals surface area (Å²) in [7, 11) is 0. The van der Waals surface area contributed by atoms with Gasteiger partial charge in [0.1, 0.15) is 0 Å². The van der Waals surface area contributed by atoms with Crippen LogP contribution in [0.25, 0.3) is 0 Å². The van der Waals surface area contributed by atoms with Crippen molar-refractivity contribution in [2.75, 3.05) is 11.9 Å². The molecule has 3 N–H and O–H groups in total. The number of nitrogens with one attached hydrogen (secondary N) is 1. The topological polar surface area (TPSA) is 64.3 Å². The zero-order chi connectivity index (χ0) is 12.1. The lowest BCUT2D eigenvalue weighted by Crippen LogP contribution is -2.21. The number of nitrogens with two attached hydrogens (primary N) is 1. The second kappa shape index (κ2) is 5.46. The highest BCUT2D eigenvalue weighted by molar-refractivity contribution is 7.80. The molecule has 1 aromatic rings. The lowest BCUT2D eigenvalue weighted by atomic mass is 10.1. The van der Waals surface area contributed by atoms with E-state index in [0.717, 1.165) is 5.56 Å². The number of carbonyl (C=O) groups is 1. The average Bonchev–Trinajstić information content (AvgIpc) is 2.20. The van der Waals surface area contributed by atoms with Crippen molar-refractivity contribution in [3.8, 4) is 0 Å². The first-order valence-corrected chi connectivity index (χ1v) is 5.29. The van der Waals surface area contributed by atoms with Gasteiger partial charge in [-0.25, -0.2) is 4.79 Å². The zero-order valence-corrected chi connectivity index (χ0v) is 10.1. The van der Waals surface area contributed by atoms with E-state index in [1.54, 1.807) is 19.1 Å². The highest BCUT2D eigenvalue weighted by atomic mass is 32.1. The molecular weight excluding hydrogens is 224 g/mol. The third kappa shape index (κ3) is 3.20. The highest BCUT2D eigenvalue weighted by Crippen LogP contribution is 2.18. The molecule has 4 nitrogen and oxygen atoms in total. The lowest BCUT2D eigenvalue weighted by Gasteiger charge is -2.10. The molecule has 0 aliphatic heterocycles. The molecule has 0 unspecified atom stereocenters. The van der Waals surface area contributed by atoms with E-state index in [1.807, 2.05) is 13.0 Å². The van der Waals surface area contributed by atoms with Crippen molar-refractivity contribution in [1.82, 2.24) is 0 Å². The number of esters is 1. The van der Waals surface area contributed by atoms with Crippen LogP contribution in [0, 0.1) is 6.92 Å². The van der Waals surface area contributed by atoms with Crippen LogP contribution in [0.3, 0.4) is 0 Å². The quantitative estimate of drug-likeness (QED) is 0.621. The van der Waals surface area contributed by atoms with Crippen LogP contribution in [0.4, 0.5) is 5.69 Å². The zero-order valence-electron chi connectivity index (χ0n) is 9.24. The Labute approximate surface area is 99.8 Å². The van der Waals surface area contributed by atoms with Crippen molar-refractivity contribution < 1.29 is 9.53 Å². The first kappa shape index (κ1) is 12.4. The molecule has 0 aromatic heterocycles. The van der Waals surface area contributed by atoms with Gasteiger partial charge in [-0.2, -0.15) is 0 Å². The predicted octanol–water partition coefficient (Wildman–Crippen LogP) is 1.83. The van der Waals surface area contributed by atoms with Crippen LogP contribution in [-0.4, -0.2) is 17.7 Å². The SMILES string of the molecule is CCOC(=O)c1cc(C)ccc1NC(N)=S. The Hall–Kier alpha value is -1.62. The molecule has 1 rings (SSSR count). The van der Waals surface area contributed by atoms with E-state index in [1.165, 1.54) is 0 Å². The number of benzene rings is 1. The van der Waals surface area contributed by atoms with Crippen molar-refractivity contribution in [3.05, 3.63) is 29.3 Å². The smallest absolute Gasteiger partial charge is 0.340 e. The lowest BCUT2D eigenvalue weighted by molar-refractivity contribution is 0.0527. The van der Waals surface area contributed by atoms with Gasteiger partial charge in [0.25, 0.3) is 0 Å². The first-order valence-electron chi connectivity index (χ1n) is 4.88. The molecule has 0 atom stereocenters. The standard InChI is InChI=1S/C11H14N2O2S/c1-3-15-10(14)8-6-7(2)4-5-9(8)13-11(12)16/h4-6H,3H2,1-2H3,(H3,12,13,16). The van der Waals surface area contributed by atoms with Crippen LogP contribution in [-0.2, 0) is 4.74 Å². The summed E-state index contributed by atoms with van der Waals surface area (Å²) in [6, 6.07) is 5.35. The van der Waals surface area contributed by atoms with Crippen LogP contribution in [0.2, 0.25) is 0 Å². The molecule has 1 aromatic carbocycles. The fraction of sp³-hybridized carbons (Fsp3) is 0.273. The van der Waals surface area contributed by atoms with Gasteiger partial charge in [0.15, 0.2) is 5.11 Å². The number of thiocarbonyl (C=S) groups is 1. The van der Waals surface area contributed by atoms with Gasteiger partial charge < -0.3 is 15.8 Å². The van der Waals surface area contributed by atoms with Gasteiger partial charge in [-0.3, -0.25) is 0 Å².